The summed E-state index contributed by atoms with van der Waals surface area (Å²) >= 11 is 2.67. The number of aromatic hydroxyl groups is 1. The molecule has 0 unspecified atom stereocenters. The number of fused-ring (bicyclic) bond motifs is 2. The van der Waals surface area contributed by atoms with E-state index in [1.54, 1.807) is 28.8 Å². The quantitative estimate of drug-likeness (QED) is 0.0592. The summed E-state index contributed by atoms with van der Waals surface area (Å²) in [6, 6.07) is 19.9. The third kappa shape index (κ3) is 9.06. The average molecular weight is 859 g/mol. The number of ether oxygens (including phenoxy) is 1. The molecule has 12 nitrogen and oxygen atoms in total. The number of phenols is 1. The summed E-state index contributed by atoms with van der Waals surface area (Å²) in [6.45, 7) is 13.0. The summed E-state index contributed by atoms with van der Waals surface area (Å²) in [6.07, 6.45) is 2.39. The first-order chi connectivity index (χ1) is 28.0. The van der Waals surface area contributed by atoms with Crippen LogP contribution in [0.4, 0.5) is 0 Å². The number of pyridine rings is 1. The van der Waals surface area contributed by atoms with Crippen LogP contribution in [0.3, 0.4) is 0 Å². The molecule has 0 saturated heterocycles. The second-order valence-electron chi connectivity index (χ2n) is 17.1. The normalized spacial score (nSPS) is 17.2. The maximum Gasteiger partial charge on any atom is 0.419 e. The van der Waals surface area contributed by atoms with Crippen LogP contribution in [0.25, 0.3) is 22.0 Å². The fourth-order valence-electron chi connectivity index (χ4n) is 7.64. The van der Waals surface area contributed by atoms with Gasteiger partial charge >= 0.3 is 11.7 Å². The Morgan fingerprint density at radius 1 is 1.02 bits per heavy atom. The molecule has 0 bridgehead atoms. The first-order valence-corrected chi connectivity index (χ1v) is 24.8. The van der Waals surface area contributed by atoms with Gasteiger partial charge in [-0.05, 0) is 109 Å². The molecular formula is C44H54N4O8S2Si. The highest BCUT2D eigenvalue weighted by molar-refractivity contribution is 7.12. The lowest BCUT2D eigenvalue weighted by Crippen LogP contribution is -2.43. The summed E-state index contributed by atoms with van der Waals surface area (Å²) < 4.78 is 20.3. The molecule has 4 N–H and O–H groups in total. The van der Waals surface area contributed by atoms with Gasteiger partial charge in [0.05, 0.1) is 26.9 Å². The molecule has 4 heterocycles. The summed E-state index contributed by atoms with van der Waals surface area (Å²) in [5, 5.41) is 30.1. The summed E-state index contributed by atoms with van der Waals surface area (Å²) in [5.74, 6) is -1.03. The number of aliphatic hydroxyl groups is 1. The lowest BCUT2D eigenvalue weighted by atomic mass is 9.91. The summed E-state index contributed by atoms with van der Waals surface area (Å²) in [4.78, 5) is 44.8. The van der Waals surface area contributed by atoms with Crippen LogP contribution >= 0.6 is 22.7 Å². The Morgan fingerprint density at radius 3 is 2.36 bits per heavy atom. The van der Waals surface area contributed by atoms with E-state index in [0.29, 0.717) is 59.9 Å². The molecule has 1 atom stereocenters. The lowest BCUT2D eigenvalue weighted by Gasteiger charge is -2.39. The van der Waals surface area contributed by atoms with E-state index >= 15 is 0 Å². The number of aromatic amines is 1. The molecule has 1 aliphatic carbocycles. The van der Waals surface area contributed by atoms with Crippen LogP contribution in [0.1, 0.15) is 73.4 Å². The van der Waals surface area contributed by atoms with Crippen molar-refractivity contribution in [1.29, 1.82) is 0 Å². The third-order valence-corrected chi connectivity index (χ3v) is 18.6. The van der Waals surface area contributed by atoms with Crippen molar-refractivity contribution in [2.45, 2.75) is 102 Å². The molecule has 0 aliphatic heterocycles. The predicted molar refractivity (Wildman–Crippen MR) is 236 cm³/mol. The van der Waals surface area contributed by atoms with E-state index in [1.165, 1.54) is 28.7 Å². The topological polar surface area (TPSA) is 159 Å². The van der Waals surface area contributed by atoms with Gasteiger partial charge in [-0.15, -0.1) is 22.7 Å². The van der Waals surface area contributed by atoms with Gasteiger partial charge in [0.25, 0.3) is 0 Å². The van der Waals surface area contributed by atoms with Crippen LogP contribution in [0.2, 0.25) is 18.1 Å². The zero-order valence-corrected chi connectivity index (χ0v) is 37.1. The molecule has 0 radical (unpaired) electrons. The number of thiophene rings is 2. The standard InChI is InChI=1S/C44H54N4O8S2Si/c1-43(2,3)59(5,6)56-36(31-16-19-34(49)40-32(31)17-20-39(50)46-40)27-45-26-28-11-18-33-35(25-28)55-42(52)48(33)22-21-47(4)29-12-14-30(15-13-29)54-41(51)44(53,37-9-7-23-57-37)38-10-8-24-58-38/h7-11,16-20,23-25,29-30,36,45,49,53H,12-15,21-22,26-27H2,1-6H3,(H,46,50)/t29?,30?,36-/m0/s1. The Labute approximate surface area is 352 Å². The molecule has 7 rings (SSSR count). The average Bonchev–Trinajstić information content (AvgIpc) is 3.99. The first kappa shape index (κ1) is 42.8. The van der Waals surface area contributed by atoms with E-state index in [2.05, 4.69) is 56.1 Å². The van der Waals surface area contributed by atoms with Crippen molar-refractivity contribution in [3.8, 4) is 5.75 Å². The number of H-pyrrole nitrogens is 1. The van der Waals surface area contributed by atoms with Gasteiger partial charge in [0.15, 0.2) is 13.9 Å². The maximum atomic E-state index is 13.5. The Kier molecular flexibility index (Phi) is 12.6. The molecule has 0 amide bonds. The minimum absolute atomic E-state index is 0.00629. The number of phenolic OH excluding ortho intramolecular Hbond substituents is 1. The molecule has 59 heavy (non-hydrogen) atoms. The monoisotopic (exact) mass is 858 g/mol. The number of esters is 1. The minimum Gasteiger partial charge on any atom is -0.506 e. The Bertz CT molecular complexity index is 2460. The number of likely N-dealkylation sites (N-methyl/N-ethyl adjacent to an activating group) is 1. The van der Waals surface area contributed by atoms with Crippen LogP contribution < -0.4 is 16.6 Å². The van der Waals surface area contributed by atoms with Crippen molar-refractivity contribution in [2.24, 2.45) is 0 Å². The van der Waals surface area contributed by atoms with E-state index in [1.807, 2.05) is 47.2 Å². The SMILES string of the molecule is CN(CCn1c(=O)oc2cc(CNC[C@H](O[Si](C)(C)C(C)(C)C)c3ccc(O)c4[nH]c(=O)ccc34)ccc21)C1CCC(OC(=O)C(O)(c2cccs2)c2cccs2)CC1. The van der Waals surface area contributed by atoms with Crippen LogP contribution in [0.15, 0.2) is 91.5 Å². The van der Waals surface area contributed by atoms with Crippen molar-refractivity contribution in [3.05, 3.63) is 119 Å². The molecule has 2 aromatic carbocycles. The van der Waals surface area contributed by atoms with E-state index in [9.17, 15) is 24.6 Å². The molecule has 6 aromatic rings. The second-order valence-corrected chi connectivity index (χ2v) is 23.7. The van der Waals surface area contributed by atoms with Gasteiger partial charge in [0.1, 0.15) is 11.9 Å². The highest BCUT2D eigenvalue weighted by Crippen LogP contribution is 2.42. The van der Waals surface area contributed by atoms with Gasteiger partial charge in [-0.2, -0.15) is 0 Å². The van der Waals surface area contributed by atoms with Crippen LogP contribution in [-0.4, -0.2) is 71.2 Å². The minimum atomic E-state index is -2.25. The second kappa shape index (κ2) is 17.3. The molecule has 1 aliphatic rings. The van der Waals surface area contributed by atoms with Crippen molar-refractivity contribution < 1.29 is 28.6 Å². The number of hydrogen-bond acceptors (Lipinski definition) is 12. The van der Waals surface area contributed by atoms with Crippen molar-refractivity contribution in [3.63, 3.8) is 0 Å². The zero-order valence-electron chi connectivity index (χ0n) is 34.4. The number of benzene rings is 2. The van der Waals surface area contributed by atoms with Gasteiger partial charge in [-0.3, -0.25) is 9.36 Å². The number of aromatic nitrogens is 2. The van der Waals surface area contributed by atoms with E-state index in [4.69, 9.17) is 13.6 Å². The van der Waals surface area contributed by atoms with E-state index in [-0.39, 0.29) is 34.6 Å². The van der Waals surface area contributed by atoms with Gasteiger partial charge in [0.2, 0.25) is 11.2 Å². The molecule has 4 aromatic heterocycles. The lowest BCUT2D eigenvalue weighted by molar-refractivity contribution is -0.169. The van der Waals surface area contributed by atoms with Crippen LogP contribution in [0, 0.1) is 0 Å². The summed E-state index contributed by atoms with van der Waals surface area (Å²) in [7, 11) is -0.190. The van der Waals surface area contributed by atoms with Crippen molar-refractivity contribution in [1.82, 2.24) is 19.8 Å². The smallest absolute Gasteiger partial charge is 0.419 e. The number of nitrogens with zero attached hydrogens (tertiary/aromatic N) is 2. The number of nitrogens with one attached hydrogen (secondary N) is 2. The summed E-state index contributed by atoms with van der Waals surface area (Å²) in [5.41, 5.74) is 1.35. The number of rotatable bonds is 15. The molecule has 15 heteroatoms. The number of oxazole rings is 1. The van der Waals surface area contributed by atoms with Gasteiger partial charge in [-0.1, -0.05) is 45.0 Å². The number of hydrogen-bond donors (Lipinski definition) is 4. The Balaban J connectivity index is 0.957. The number of carbonyl (C=O) groups excluding carboxylic acids is 1. The van der Waals surface area contributed by atoms with Gasteiger partial charge in [0, 0.05) is 43.7 Å². The van der Waals surface area contributed by atoms with Crippen molar-refractivity contribution >= 4 is 59.0 Å². The van der Waals surface area contributed by atoms with Gasteiger partial charge in [-0.25, -0.2) is 9.59 Å². The Morgan fingerprint density at radius 2 is 1.71 bits per heavy atom. The fraction of sp³-hybridized carbons (Fsp3) is 0.432. The molecule has 314 valence electrons. The molecule has 0 spiro atoms. The predicted octanol–water partition coefficient (Wildman–Crippen LogP) is 7.84. The number of carbonyl (C=O) groups is 1. The molecule has 1 saturated carbocycles. The van der Waals surface area contributed by atoms with E-state index < -0.39 is 25.6 Å². The molecular weight excluding hydrogens is 805 g/mol. The van der Waals surface area contributed by atoms with Crippen LogP contribution in [0.5, 0.6) is 5.75 Å². The zero-order chi connectivity index (χ0) is 42.1. The highest BCUT2D eigenvalue weighted by Gasteiger charge is 2.45. The highest BCUT2D eigenvalue weighted by atomic mass is 32.1. The third-order valence-electron chi connectivity index (χ3n) is 12.2. The van der Waals surface area contributed by atoms with Gasteiger partial charge < -0.3 is 39.0 Å². The van der Waals surface area contributed by atoms with Crippen LogP contribution in [-0.2, 0) is 32.6 Å². The first-order valence-electron chi connectivity index (χ1n) is 20.1. The van der Waals surface area contributed by atoms with Crippen molar-refractivity contribution in [2.75, 3.05) is 20.1 Å². The maximum absolute atomic E-state index is 13.5. The fourth-order valence-corrected chi connectivity index (χ4v) is 10.6. The van der Waals surface area contributed by atoms with E-state index in [0.717, 1.165) is 34.9 Å². The Hall–Kier alpha value is -4.35. The largest absolute Gasteiger partial charge is 0.506 e. The molecule has 1 fully saturated rings.